The number of hydrogen-bond donors (Lipinski definition) is 1. The molecule has 1 heterocycles. The van der Waals surface area contributed by atoms with Crippen molar-refractivity contribution in [3.8, 4) is 0 Å². The van der Waals surface area contributed by atoms with E-state index in [1.807, 2.05) is 0 Å². The zero-order valence-electron chi connectivity index (χ0n) is 12.4. The second kappa shape index (κ2) is 7.66. The second-order valence-corrected chi connectivity index (χ2v) is 5.84. The molecule has 1 aliphatic heterocycles. The molecular formula is C17H28N2. The molecule has 106 valence electrons. The van der Waals surface area contributed by atoms with E-state index >= 15 is 0 Å². The molecule has 0 aliphatic carbocycles. The predicted octanol–water partition coefficient (Wildman–Crippen LogP) is 3.25. The van der Waals surface area contributed by atoms with Crippen LogP contribution in [0.2, 0.25) is 0 Å². The molecule has 0 saturated carbocycles. The zero-order valence-corrected chi connectivity index (χ0v) is 12.4. The van der Waals surface area contributed by atoms with Crippen LogP contribution in [0.15, 0.2) is 30.3 Å². The summed E-state index contributed by atoms with van der Waals surface area (Å²) in [7, 11) is 0. The minimum absolute atomic E-state index is 0.649. The maximum Gasteiger partial charge on any atom is 0.00508 e. The van der Waals surface area contributed by atoms with Crippen molar-refractivity contribution in [2.75, 3.05) is 26.2 Å². The summed E-state index contributed by atoms with van der Waals surface area (Å²) >= 11 is 0. The lowest BCUT2D eigenvalue weighted by atomic mass is 9.99. The molecule has 2 nitrogen and oxygen atoms in total. The lowest BCUT2D eigenvalue weighted by Gasteiger charge is -2.19. The molecule has 1 aromatic carbocycles. The number of rotatable bonds is 7. The molecule has 0 bridgehead atoms. The van der Waals surface area contributed by atoms with Gasteiger partial charge in [0.15, 0.2) is 0 Å². The summed E-state index contributed by atoms with van der Waals surface area (Å²) in [4.78, 5) is 2.63. The van der Waals surface area contributed by atoms with Crippen LogP contribution in [0, 0.1) is 0 Å². The number of nitrogens with one attached hydrogen (secondary N) is 1. The summed E-state index contributed by atoms with van der Waals surface area (Å²) in [6.07, 6.45) is 3.81. The van der Waals surface area contributed by atoms with Gasteiger partial charge in [-0.05, 0) is 57.3 Å². The van der Waals surface area contributed by atoms with Gasteiger partial charge in [-0.1, -0.05) is 37.3 Å². The largest absolute Gasteiger partial charge is 0.314 e. The lowest BCUT2D eigenvalue weighted by molar-refractivity contribution is 0.310. The highest BCUT2D eigenvalue weighted by atomic mass is 15.1. The Balaban J connectivity index is 1.71. The molecule has 1 fully saturated rings. The summed E-state index contributed by atoms with van der Waals surface area (Å²) in [5.74, 6) is 0.750. The van der Waals surface area contributed by atoms with Crippen molar-refractivity contribution in [2.45, 2.75) is 45.1 Å². The van der Waals surface area contributed by atoms with E-state index in [1.54, 1.807) is 0 Å². The van der Waals surface area contributed by atoms with Crippen molar-refractivity contribution in [1.82, 2.24) is 10.2 Å². The van der Waals surface area contributed by atoms with Crippen LogP contribution in [-0.2, 0) is 0 Å². The minimum atomic E-state index is 0.649. The van der Waals surface area contributed by atoms with Crippen LogP contribution in [0.1, 0.15) is 44.6 Å². The molecule has 0 spiro atoms. The molecule has 0 aromatic heterocycles. The van der Waals surface area contributed by atoms with E-state index in [1.165, 1.54) is 44.5 Å². The number of likely N-dealkylation sites (tertiary alicyclic amines) is 1. The molecular weight excluding hydrogens is 232 g/mol. The third-order valence-electron chi connectivity index (χ3n) is 4.16. The van der Waals surface area contributed by atoms with Gasteiger partial charge in [-0.15, -0.1) is 0 Å². The Labute approximate surface area is 118 Å². The molecule has 0 amide bonds. The van der Waals surface area contributed by atoms with E-state index in [0.717, 1.165) is 12.5 Å². The fourth-order valence-corrected chi connectivity index (χ4v) is 2.90. The van der Waals surface area contributed by atoms with Gasteiger partial charge >= 0.3 is 0 Å². The average Bonchev–Trinajstić information content (AvgIpc) is 2.93. The van der Waals surface area contributed by atoms with Crippen molar-refractivity contribution >= 4 is 0 Å². The first-order valence-electron chi connectivity index (χ1n) is 7.80. The highest BCUT2D eigenvalue weighted by molar-refractivity contribution is 5.20. The summed E-state index contributed by atoms with van der Waals surface area (Å²) < 4.78 is 0. The van der Waals surface area contributed by atoms with Gasteiger partial charge in [0.25, 0.3) is 0 Å². The van der Waals surface area contributed by atoms with Crippen molar-refractivity contribution in [1.29, 1.82) is 0 Å². The molecule has 1 N–H and O–H groups in total. The van der Waals surface area contributed by atoms with E-state index in [0.29, 0.717) is 6.04 Å². The van der Waals surface area contributed by atoms with Gasteiger partial charge in [-0.3, -0.25) is 0 Å². The topological polar surface area (TPSA) is 15.3 Å². The van der Waals surface area contributed by atoms with Crippen LogP contribution in [0.4, 0.5) is 0 Å². The molecule has 2 atom stereocenters. The van der Waals surface area contributed by atoms with E-state index in [9.17, 15) is 0 Å². The Bertz CT molecular complexity index is 350. The SMILES string of the molecule is CCCNC(C)CCN1CCC(c2ccccc2)C1. The molecule has 1 aromatic rings. The van der Waals surface area contributed by atoms with Crippen molar-refractivity contribution < 1.29 is 0 Å². The molecule has 1 aliphatic rings. The van der Waals surface area contributed by atoms with Gasteiger partial charge in [0.1, 0.15) is 0 Å². The Morgan fingerprint density at radius 3 is 2.84 bits per heavy atom. The fraction of sp³-hybridized carbons (Fsp3) is 0.647. The van der Waals surface area contributed by atoms with Gasteiger partial charge in [-0.2, -0.15) is 0 Å². The molecule has 2 unspecified atom stereocenters. The summed E-state index contributed by atoms with van der Waals surface area (Å²) in [6.45, 7) is 9.42. The molecule has 2 heteroatoms. The number of hydrogen-bond acceptors (Lipinski definition) is 2. The van der Waals surface area contributed by atoms with Crippen molar-refractivity contribution in [2.24, 2.45) is 0 Å². The monoisotopic (exact) mass is 260 g/mol. The van der Waals surface area contributed by atoms with Crippen LogP contribution >= 0.6 is 0 Å². The standard InChI is InChI=1S/C17H28N2/c1-3-11-18-15(2)9-12-19-13-10-17(14-19)16-7-5-4-6-8-16/h4-8,15,17-18H,3,9-14H2,1-2H3. The maximum atomic E-state index is 3.57. The number of nitrogens with zero attached hydrogens (tertiary/aromatic N) is 1. The van der Waals surface area contributed by atoms with Crippen molar-refractivity contribution in [3.63, 3.8) is 0 Å². The predicted molar refractivity (Wildman–Crippen MR) is 82.6 cm³/mol. The maximum absolute atomic E-state index is 3.57. The highest BCUT2D eigenvalue weighted by Crippen LogP contribution is 2.26. The van der Waals surface area contributed by atoms with E-state index in [4.69, 9.17) is 0 Å². The first kappa shape index (κ1) is 14.5. The Hall–Kier alpha value is -0.860. The average molecular weight is 260 g/mol. The summed E-state index contributed by atoms with van der Waals surface area (Å²) in [5.41, 5.74) is 1.52. The molecule has 1 saturated heterocycles. The van der Waals surface area contributed by atoms with Crippen LogP contribution in [-0.4, -0.2) is 37.1 Å². The summed E-state index contributed by atoms with van der Waals surface area (Å²) in [5, 5.41) is 3.57. The van der Waals surface area contributed by atoms with Crippen molar-refractivity contribution in [3.05, 3.63) is 35.9 Å². The summed E-state index contributed by atoms with van der Waals surface area (Å²) in [6, 6.07) is 11.6. The smallest absolute Gasteiger partial charge is 0.00508 e. The highest BCUT2D eigenvalue weighted by Gasteiger charge is 2.23. The fourth-order valence-electron chi connectivity index (χ4n) is 2.90. The van der Waals surface area contributed by atoms with Crippen LogP contribution < -0.4 is 5.32 Å². The van der Waals surface area contributed by atoms with E-state index < -0.39 is 0 Å². The van der Waals surface area contributed by atoms with Gasteiger partial charge < -0.3 is 10.2 Å². The quantitative estimate of drug-likeness (QED) is 0.809. The van der Waals surface area contributed by atoms with Gasteiger partial charge in [-0.25, -0.2) is 0 Å². The molecule has 19 heavy (non-hydrogen) atoms. The molecule has 2 rings (SSSR count). The Morgan fingerprint density at radius 2 is 2.11 bits per heavy atom. The third-order valence-corrected chi connectivity index (χ3v) is 4.16. The van der Waals surface area contributed by atoms with Gasteiger partial charge in [0, 0.05) is 12.6 Å². The van der Waals surface area contributed by atoms with Crippen LogP contribution in [0.5, 0.6) is 0 Å². The van der Waals surface area contributed by atoms with Gasteiger partial charge in [0.2, 0.25) is 0 Å². The van der Waals surface area contributed by atoms with Gasteiger partial charge in [0.05, 0.1) is 0 Å². The normalized spacial score (nSPS) is 21.7. The first-order valence-corrected chi connectivity index (χ1v) is 7.80. The second-order valence-electron chi connectivity index (χ2n) is 5.84. The van der Waals surface area contributed by atoms with E-state index in [2.05, 4.69) is 54.4 Å². The first-order chi connectivity index (χ1) is 9.29. The molecule has 0 radical (unpaired) electrons. The van der Waals surface area contributed by atoms with E-state index in [-0.39, 0.29) is 0 Å². The third kappa shape index (κ3) is 4.63. The number of benzene rings is 1. The Morgan fingerprint density at radius 1 is 1.32 bits per heavy atom. The van der Waals surface area contributed by atoms with Crippen LogP contribution in [0.3, 0.4) is 0 Å². The minimum Gasteiger partial charge on any atom is -0.314 e. The zero-order chi connectivity index (χ0) is 13.5. The lowest BCUT2D eigenvalue weighted by Crippen LogP contribution is -2.32. The van der Waals surface area contributed by atoms with Crippen LogP contribution in [0.25, 0.3) is 0 Å². The Kier molecular flexibility index (Phi) is 5.87.